The molecule has 122 valence electrons. The number of thiazole rings is 1. The Morgan fingerprint density at radius 3 is 2.46 bits per heavy atom. The zero-order valence-electron chi connectivity index (χ0n) is 12.3. The predicted molar refractivity (Wildman–Crippen MR) is 92.0 cm³/mol. The Balaban J connectivity index is 2.11. The minimum Gasteiger partial charge on any atom is -0.480 e. The molecule has 2 aromatic carbocycles. The number of carboxylic acids is 1. The van der Waals surface area contributed by atoms with Gasteiger partial charge in [0.05, 0.1) is 11.4 Å². The first-order valence-corrected chi connectivity index (χ1v) is 8.25. The number of hydrogen-bond donors (Lipinski definition) is 1. The van der Waals surface area contributed by atoms with E-state index >= 15 is 0 Å². The Hall–Kier alpha value is -2.44. The average molecular weight is 363 g/mol. The van der Waals surface area contributed by atoms with Gasteiger partial charge >= 0.3 is 5.97 Å². The number of carbonyl (C=O) groups is 1. The summed E-state index contributed by atoms with van der Waals surface area (Å²) in [5.74, 6) is -1.32. The third-order valence-electron chi connectivity index (χ3n) is 3.28. The summed E-state index contributed by atoms with van der Waals surface area (Å²) in [5, 5.41) is 11.6. The minimum atomic E-state index is -0.968. The van der Waals surface area contributed by atoms with Crippen LogP contribution >= 0.6 is 22.9 Å². The van der Waals surface area contributed by atoms with E-state index in [0.29, 0.717) is 15.5 Å². The van der Waals surface area contributed by atoms with Gasteiger partial charge in [0.15, 0.2) is 4.80 Å². The van der Waals surface area contributed by atoms with Crippen LogP contribution < -0.4 is 4.80 Å². The van der Waals surface area contributed by atoms with E-state index < -0.39 is 5.97 Å². The molecule has 0 unspecified atom stereocenters. The third kappa shape index (κ3) is 3.72. The molecule has 0 bridgehead atoms. The number of hydrogen-bond acceptors (Lipinski definition) is 3. The minimum absolute atomic E-state index is 0.221. The number of benzene rings is 2. The zero-order valence-corrected chi connectivity index (χ0v) is 13.9. The summed E-state index contributed by atoms with van der Waals surface area (Å²) in [6.45, 7) is -0.221. The number of aromatic nitrogens is 1. The van der Waals surface area contributed by atoms with Crippen LogP contribution in [-0.2, 0) is 11.3 Å². The van der Waals surface area contributed by atoms with Crippen molar-refractivity contribution in [3.63, 3.8) is 0 Å². The molecule has 0 amide bonds. The van der Waals surface area contributed by atoms with Crippen LogP contribution in [0.2, 0.25) is 5.02 Å². The topological polar surface area (TPSA) is 54.6 Å². The molecule has 0 saturated carbocycles. The van der Waals surface area contributed by atoms with Crippen LogP contribution in [0.4, 0.5) is 10.1 Å². The first kappa shape index (κ1) is 16.4. The molecule has 0 aliphatic rings. The molecule has 7 heteroatoms. The molecule has 1 N–H and O–H groups in total. The highest BCUT2D eigenvalue weighted by Crippen LogP contribution is 2.23. The normalized spacial score (nSPS) is 11.7. The van der Waals surface area contributed by atoms with Gasteiger partial charge < -0.3 is 9.67 Å². The van der Waals surface area contributed by atoms with E-state index in [1.807, 2.05) is 17.5 Å². The predicted octanol–water partition coefficient (Wildman–Crippen LogP) is 4.33. The van der Waals surface area contributed by atoms with Gasteiger partial charge in [0.25, 0.3) is 0 Å². The highest BCUT2D eigenvalue weighted by atomic mass is 35.5. The van der Waals surface area contributed by atoms with Crippen LogP contribution in [0.3, 0.4) is 0 Å². The first-order valence-electron chi connectivity index (χ1n) is 6.99. The second-order valence-corrected chi connectivity index (χ2v) is 6.25. The molecular weight excluding hydrogens is 351 g/mol. The quantitative estimate of drug-likeness (QED) is 0.751. The van der Waals surface area contributed by atoms with E-state index in [9.17, 15) is 14.3 Å². The van der Waals surface area contributed by atoms with Gasteiger partial charge in [0, 0.05) is 10.4 Å². The number of rotatable bonds is 4. The zero-order chi connectivity index (χ0) is 17.1. The fraction of sp³-hybridized carbons (Fsp3) is 0.0588. The largest absolute Gasteiger partial charge is 0.480 e. The summed E-state index contributed by atoms with van der Waals surface area (Å²) in [7, 11) is 0. The van der Waals surface area contributed by atoms with Crippen molar-refractivity contribution in [1.82, 2.24) is 4.57 Å². The molecular formula is C17H12ClFN2O2S. The molecule has 0 aliphatic heterocycles. The molecule has 24 heavy (non-hydrogen) atoms. The Morgan fingerprint density at radius 1 is 1.17 bits per heavy atom. The van der Waals surface area contributed by atoms with Crippen molar-refractivity contribution >= 4 is 34.6 Å². The molecule has 1 heterocycles. The molecule has 0 atom stereocenters. The fourth-order valence-corrected chi connectivity index (χ4v) is 3.24. The second-order valence-electron chi connectivity index (χ2n) is 4.98. The van der Waals surface area contributed by atoms with E-state index in [-0.39, 0.29) is 12.4 Å². The summed E-state index contributed by atoms with van der Waals surface area (Å²) >= 11 is 7.22. The van der Waals surface area contributed by atoms with Crippen molar-refractivity contribution in [2.24, 2.45) is 4.99 Å². The van der Waals surface area contributed by atoms with Crippen LogP contribution in [0.15, 0.2) is 58.9 Å². The van der Waals surface area contributed by atoms with Crippen molar-refractivity contribution in [3.05, 3.63) is 69.6 Å². The lowest BCUT2D eigenvalue weighted by Gasteiger charge is -2.06. The van der Waals surface area contributed by atoms with Crippen molar-refractivity contribution in [1.29, 1.82) is 0 Å². The van der Waals surface area contributed by atoms with Crippen LogP contribution in [0.25, 0.3) is 11.3 Å². The van der Waals surface area contributed by atoms with Gasteiger partial charge in [-0.05, 0) is 42.0 Å². The number of nitrogens with zero attached hydrogens (tertiary/aromatic N) is 2. The molecule has 0 spiro atoms. The lowest BCUT2D eigenvalue weighted by Crippen LogP contribution is -2.20. The highest BCUT2D eigenvalue weighted by Gasteiger charge is 2.11. The fourth-order valence-electron chi connectivity index (χ4n) is 2.18. The lowest BCUT2D eigenvalue weighted by molar-refractivity contribution is -0.137. The van der Waals surface area contributed by atoms with Crippen LogP contribution in [0, 0.1) is 5.82 Å². The summed E-state index contributed by atoms with van der Waals surface area (Å²) in [6.07, 6.45) is 0. The van der Waals surface area contributed by atoms with E-state index in [1.165, 1.54) is 23.5 Å². The van der Waals surface area contributed by atoms with E-state index in [0.717, 1.165) is 11.3 Å². The molecule has 0 aliphatic carbocycles. The van der Waals surface area contributed by atoms with Gasteiger partial charge in [-0.3, -0.25) is 4.79 Å². The number of carboxylic acid groups (broad SMARTS) is 1. The van der Waals surface area contributed by atoms with Crippen molar-refractivity contribution in [3.8, 4) is 11.3 Å². The van der Waals surface area contributed by atoms with Gasteiger partial charge in [-0.2, -0.15) is 0 Å². The molecule has 3 rings (SSSR count). The summed E-state index contributed by atoms with van der Waals surface area (Å²) < 4.78 is 14.6. The van der Waals surface area contributed by atoms with E-state index in [1.54, 1.807) is 28.8 Å². The summed E-state index contributed by atoms with van der Waals surface area (Å²) in [5.41, 5.74) is 2.14. The molecule has 0 fully saturated rings. The monoisotopic (exact) mass is 362 g/mol. The van der Waals surface area contributed by atoms with Gasteiger partial charge in [-0.15, -0.1) is 11.3 Å². The maximum absolute atomic E-state index is 13.0. The third-order valence-corrected chi connectivity index (χ3v) is 4.40. The first-order chi connectivity index (χ1) is 11.5. The maximum atomic E-state index is 13.0. The summed E-state index contributed by atoms with van der Waals surface area (Å²) in [4.78, 5) is 16.2. The Labute approximate surface area is 146 Å². The molecule has 3 aromatic rings. The highest BCUT2D eigenvalue weighted by molar-refractivity contribution is 7.07. The maximum Gasteiger partial charge on any atom is 0.323 e. The number of halogens is 2. The van der Waals surface area contributed by atoms with Gasteiger partial charge in [0.2, 0.25) is 0 Å². The van der Waals surface area contributed by atoms with Crippen LogP contribution in [0.5, 0.6) is 0 Å². The van der Waals surface area contributed by atoms with Crippen LogP contribution in [0.1, 0.15) is 0 Å². The van der Waals surface area contributed by atoms with Gasteiger partial charge in [0.1, 0.15) is 12.4 Å². The molecule has 0 saturated heterocycles. The van der Waals surface area contributed by atoms with E-state index in [4.69, 9.17) is 11.6 Å². The Kier molecular flexibility index (Phi) is 4.78. The Morgan fingerprint density at radius 2 is 1.83 bits per heavy atom. The molecule has 0 radical (unpaired) electrons. The SMILES string of the molecule is O=C(O)Cn1c(-c2ccc(Cl)cc2)csc1=Nc1ccc(F)cc1. The van der Waals surface area contributed by atoms with Crippen LogP contribution in [-0.4, -0.2) is 15.6 Å². The standard InChI is InChI=1S/C17H12ClFN2O2S/c18-12-3-1-11(2-4-12)15-10-24-17(21(15)9-16(22)23)20-14-7-5-13(19)6-8-14/h1-8,10H,9H2,(H,22,23). The van der Waals surface area contributed by atoms with Crippen molar-refractivity contribution in [2.45, 2.75) is 6.54 Å². The van der Waals surface area contributed by atoms with Gasteiger partial charge in [-0.25, -0.2) is 9.38 Å². The number of aliphatic carboxylic acids is 1. The van der Waals surface area contributed by atoms with Crippen molar-refractivity contribution in [2.75, 3.05) is 0 Å². The van der Waals surface area contributed by atoms with E-state index in [2.05, 4.69) is 4.99 Å². The molecule has 4 nitrogen and oxygen atoms in total. The summed E-state index contributed by atoms with van der Waals surface area (Å²) in [6, 6.07) is 12.9. The molecule has 1 aromatic heterocycles. The van der Waals surface area contributed by atoms with Crippen molar-refractivity contribution < 1.29 is 14.3 Å². The second kappa shape index (κ2) is 6.98. The lowest BCUT2D eigenvalue weighted by atomic mass is 10.2. The smallest absolute Gasteiger partial charge is 0.323 e. The Bertz CT molecular complexity index is 930. The average Bonchev–Trinajstić information content (AvgIpc) is 2.92. The van der Waals surface area contributed by atoms with Gasteiger partial charge in [-0.1, -0.05) is 23.7 Å².